The first-order valence-corrected chi connectivity index (χ1v) is 11.1. The lowest BCUT2D eigenvalue weighted by Crippen LogP contribution is -2.47. The second kappa shape index (κ2) is 11.3. The second-order valence-corrected chi connectivity index (χ2v) is 10.1. The van der Waals surface area contributed by atoms with Gasteiger partial charge in [0.05, 0.1) is 18.0 Å². The van der Waals surface area contributed by atoms with Crippen molar-refractivity contribution in [3.05, 3.63) is 35.4 Å². The highest BCUT2D eigenvalue weighted by Gasteiger charge is 2.30. The SMILES string of the molecule is CN=C(NCc1ccccc1CN1CCOCC1)NCC(C)(C)S(C)(=O)=O.I. The number of halogens is 1. The molecule has 1 fully saturated rings. The Hall–Kier alpha value is -0.910. The van der Waals surface area contributed by atoms with Crippen LogP contribution in [0.25, 0.3) is 0 Å². The Morgan fingerprint density at radius 2 is 1.79 bits per heavy atom. The minimum atomic E-state index is -3.16. The Bertz CT molecular complexity index is 747. The second-order valence-electron chi connectivity index (χ2n) is 7.47. The lowest BCUT2D eigenvalue weighted by atomic mass is 10.1. The van der Waals surface area contributed by atoms with Crippen LogP contribution in [0.2, 0.25) is 0 Å². The van der Waals surface area contributed by atoms with E-state index in [9.17, 15) is 8.42 Å². The van der Waals surface area contributed by atoms with Gasteiger partial charge in [-0.15, -0.1) is 24.0 Å². The summed E-state index contributed by atoms with van der Waals surface area (Å²) < 4.78 is 28.3. The van der Waals surface area contributed by atoms with Gasteiger partial charge in [-0.25, -0.2) is 8.42 Å². The van der Waals surface area contributed by atoms with Crippen LogP contribution in [0.15, 0.2) is 29.3 Å². The number of aliphatic imine (C=N–C) groups is 1. The molecule has 1 aromatic rings. The Morgan fingerprint density at radius 3 is 2.36 bits per heavy atom. The van der Waals surface area contributed by atoms with Crippen molar-refractivity contribution in [1.82, 2.24) is 15.5 Å². The fraction of sp³-hybridized carbons (Fsp3) is 0.632. The molecule has 1 heterocycles. The van der Waals surface area contributed by atoms with E-state index in [2.05, 4.69) is 38.7 Å². The quantitative estimate of drug-likeness (QED) is 0.321. The first-order chi connectivity index (χ1) is 12.7. The largest absolute Gasteiger partial charge is 0.379 e. The highest BCUT2D eigenvalue weighted by Crippen LogP contribution is 2.14. The number of ether oxygens (including phenoxy) is 1. The lowest BCUT2D eigenvalue weighted by Gasteiger charge is -2.27. The van der Waals surface area contributed by atoms with Crippen molar-refractivity contribution >= 4 is 39.8 Å². The highest BCUT2D eigenvalue weighted by molar-refractivity contribution is 14.0. The molecular weight excluding hydrogens is 491 g/mol. The zero-order chi connectivity index (χ0) is 19.9. The van der Waals surface area contributed by atoms with E-state index in [-0.39, 0.29) is 24.0 Å². The van der Waals surface area contributed by atoms with Crippen LogP contribution in [-0.4, -0.2) is 70.2 Å². The van der Waals surface area contributed by atoms with E-state index in [1.54, 1.807) is 20.9 Å². The van der Waals surface area contributed by atoms with Gasteiger partial charge >= 0.3 is 0 Å². The number of rotatable bonds is 7. The molecule has 0 bridgehead atoms. The van der Waals surface area contributed by atoms with E-state index >= 15 is 0 Å². The number of morpholine rings is 1. The van der Waals surface area contributed by atoms with Gasteiger partial charge in [0, 0.05) is 46.0 Å². The molecule has 0 amide bonds. The normalized spacial score (nSPS) is 16.4. The Morgan fingerprint density at radius 1 is 1.18 bits per heavy atom. The zero-order valence-corrected chi connectivity index (χ0v) is 20.3. The van der Waals surface area contributed by atoms with E-state index in [4.69, 9.17) is 4.74 Å². The molecule has 0 unspecified atom stereocenters. The molecule has 160 valence electrons. The number of hydrogen-bond donors (Lipinski definition) is 2. The van der Waals surface area contributed by atoms with Crippen LogP contribution in [0.5, 0.6) is 0 Å². The van der Waals surface area contributed by atoms with E-state index in [1.165, 1.54) is 17.4 Å². The van der Waals surface area contributed by atoms with Crippen LogP contribution in [0.1, 0.15) is 25.0 Å². The van der Waals surface area contributed by atoms with E-state index in [0.717, 1.165) is 32.8 Å². The molecule has 2 rings (SSSR count). The minimum absolute atomic E-state index is 0. The summed E-state index contributed by atoms with van der Waals surface area (Å²) in [6.07, 6.45) is 1.26. The molecule has 0 spiro atoms. The maximum absolute atomic E-state index is 11.9. The van der Waals surface area contributed by atoms with Crippen molar-refractivity contribution in [2.24, 2.45) is 4.99 Å². The zero-order valence-electron chi connectivity index (χ0n) is 17.2. The van der Waals surface area contributed by atoms with Crippen molar-refractivity contribution in [3.63, 3.8) is 0 Å². The number of nitrogens with zero attached hydrogens (tertiary/aromatic N) is 2. The molecule has 1 saturated heterocycles. The van der Waals surface area contributed by atoms with Crippen LogP contribution in [-0.2, 0) is 27.7 Å². The van der Waals surface area contributed by atoms with Crippen molar-refractivity contribution < 1.29 is 13.2 Å². The van der Waals surface area contributed by atoms with Crippen molar-refractivity contribution in [1.29, 1.82) is 0 Å². The molecule has 1 aliphatic rings. The number of hydrogen-bond acceptors (Lipinski definition) is 5. The average Bonchev–Trinajstić information content (AvgIpc) is 2.63. The fourth-order valence-electron chi connectivity index (χ4n) is 2.71. The molecular formula is C19H33IN4O3S. The highest BCUT2D eigenvalue weighted by atomic mass is 127. The number of sulfone groups is 1. The molecule has 1 aliphatic heterocycles. The van der Waals surface area contributed by atoms with Crippen molar-refractivity contribution in [2.75, 3.05) is 46.2 Å². The summed E-state index contributed by atoms with van der Waals surface area (Å²) in [5.41, 5.74) is 2.48. The Kier molecular flexibility index (Phi) is 10.2. The van der Waals surface area contributed by atoms with Crippen LogP contribution in [0, 0.1) is 0 Å². The summed E-state index contributed by atoms with van der Waals surface area (Å²) in [7, 11) is -1.47. The first kappa shape index (κ1) is 25.1. The third kappa shape index (κ3) is 7.49. The van der Waals surface area contributed by atoms with Gasteiger partial charge in [-0.1, -0.05) is 24.3 Å². The predicted molar refractivity (Wildman–Crippen MR) is 125 cm³/mol. The average molecular weight is 524 g/mol. The van der Waals surface area contributed by atoms with Crippen molar-refractivity contribution in [2.45, 2.75) is 31.7 Å². The summed E-state index contributed by atoms with van der Waals surface area (Å²) in [5.74, 6) is 0.591. The van der Waals surface area contributed by atoms with E-state index in [1.807, 2.05) is 6.07 Å². The van der Waals surface area contributed by atoms with E-state index in [0.29, 0.717) is 19.0 Å². The molecule has 0 radical (unpaired) electrons. The van der Waals surface area contributed by atoms with E-state index < -0.39 is 14.6 Å². The summed E-state index contributed by atoms with van der Waals surface area (Å²) in [4.78, 5) is 6.60. The molecule has 9 heteroatoms. The predicted octanol–water partition coefficient (Wildman–Crippen LogP) is 1.62. The smallest absolute Gasteiger partial charge is 0.191 e. The van der Waals surface area contributed by atoms with Gasteiger partial charge < -0.3 is 15.4 Å². The minimum Gasteiger partial charge on any atom is -0.379 e. The summed E-state index contributed by atoms with van der Waals surface area (Å²) >= 11 is 0. The third-order valence-corrected chi connectivity index (χ3v) is 7.12. The molecule has 0 aromatic heterocycles. The topological polar surface area (TPSA) is 83.0 Å². The Balaban J connectivity index is 0.00000392. The first-order valence-electron chi connectivity index (χ1n) is 9.24. The molecule has 0 saturated carbocycles. The van der Waals surface area contributed by atoms with Crippen molar-refractivity contribution in [3.8, 4) is 0 Å². The maximum Gasteiger partial charge on any atom is 0.191 e. The summed E-state index contributed by atoms with van der Waals surface area (Å²) in [6.45, 7) is 8.70. The van der Waals surface area contributed by atoms with Crippen LogP contribution < -0.4 is 10.6 Å². The number of benzene rings is 1. The van der Waals surface area contributed by atoms with Gasteiger partial charge in [-0.3, -0.25) is 9.89 Å². The summed E-state index contributed by atoms with van der Waals surface area (Å²) in [6, 6.07) is 8.34. The summed E-state index contributed by atoms with van der Waals surface area (Å²) in [5, 5.41) is 6.41. The number of nitrogens with one attached hydrogen (secondary N) is 2. The molecule has 0 atom stereocenters. The van der Waals surface area contributed by atoms with Gasteiger partial charge in [0.15, 0.2) is 15.8 Å². The third-order valence-electron chi connectivity index (χ3n) is 4.97. The molecule has 2 N–H and O–H groups in total. The van der Waals surface area contributed by atoms with Gasteiger partial charge in [0.2, 0.25) is 0 Å². The Labute approximate surface area is 186 Å². The molecule has 7 nitrogen and oxygen atoms in total. The monoisotopic (exact) mass is 524 g/mol. The van der Waals surface area contributed by atoms with Gasteiger partial charge in [0.1, 0.15) is 0 Å². The lowest BCUT2D eigenvalue weighted by molar-refractivity contribution is 0.0341. The number of guanidine groups is 1. The maximum atomic E-state index is 11.9. The van der Waals surface area contributed by atoms with Crippen LogP contribution in [0.4, 0.5) is 0 Å². The van der Waals surface area contributed by atoms with Gasteiger partial charge in [0.25, 0.3) is 0 Å². The molecule has 0 aliphatic carbocycles. The van der Waals surface area contributed by atoms with Gasteiger partial charge in [-0.2, -0.15) is 0 Å². The molecule has 28 heavy (non-hydrogen) atoms. The van der Waals surface area contributed by atoms with Gasteiger partial charge in [-0.05, 0) is 25.0 Å². The molecule has 1 aromatic carbocycles. The fourth-order valence-corrected chi connectivity index (χ4v) is 3.05. The van der Waals surface area contributed by atoms with Crippen LogP contribution in [0.3, 0.4) is 0 Å². The van der Waals surface area contributed by atoms with Crippen LogP contribution >= 0.6 is 24.0 Å². The standard InChI is InChI=1S/C19H32N4O3S.HI/c1-19(2,27(4,24)25)15-22-18(20-3)21-13-16-7-5-6-8-17(16)14-23-9-11-26-12-10-23;/h5-8H,9-15H2,1-4H3,(H2,20,21,22);1H.